The van der Waals surface area contributed by atoms with Crippen molar-refractivity contribution in [3.8, 4) is 0 Å². The molecule has 1 rings (SSSR count). The summed E-state index contributed by atoms with van der Waals surface area (Å²) in [6.45, 7) is 4.21. The van der Waals surface area contributed by atoms with Gasteiger partial charge in [-0.15, -0.1) is 0 Å². The van der Waals surface area contributed by atoms with Crippen LogP contribution in [0.1, 0.15) is 22.9 Å². The maximum atomic E-state index is 3.52. The van der Waals surface area contributed by atoms with Gasteiger partial charge in [-0.3, -0.25) is 0 Å². The molecule has 0 N–H and O–H groups in total. The number of hydrogen-bond donors (Lipinski definition) is 0. The van der Waals surface area contributed by atoms with Crippen LogP contribution in [-0.4, -0.2) is 0 Å². The number of halogens is 2. The molecule has 0 spiro atoms. The molecular formula is C9H10Br2. The maximum Gasteiger partial charge on any atom is 0.0367 e. The molecule has 1 aromatic carbocycles. The van der Waals surface area contributed by atoms with Crippen molar-refractivity contribution in [3.05, 3.63) is 33.8 Å². The third-order valence-corrected chi connectivity index (χ3v) is 3.04. The van der Waals surface area contributed by atoms with E-state index in [1.165, 1.54) is 15.6 Å². The molecule has 0 radical (unpaired) electrons. The Balaban J connectivity index is 3.05. The highest BCUT2D eigenvalue weighted by atomic mass is 79.9. The van der Waals surface area contributed by atoms with Crippen molar-refractivity contribution >= 4 is 31.9 Å². The van der Waals surface area contributed by atoms with E-state index in [9.17, 15) is 0 Å². The minimum Gasteiger partial charge on any atom is -0.0842 e. The van der Waals surface area contributed by atoms with Crippen LogP contribution in [0.5, 0.6) is 0 Å². The molecule has 1 aromatic rings. The van der Waals surface area contributed by atoms with Crippen molar-refractivity contribution in [2.24, 2.45) is 0 Å². The summed E-state index contributed by atoms with van der Waals surface area (Å²) in [6, 6.07) is 6.41. The predicted molar refractivity (Wildman–Crippen MR) is 56.2 cm³/mol. The zero-order chi connectivity index (χ0) is 8.43. The molecule has 0 aliphatic carbocycles. The molecule has 60 valence electrons. The van der Waals surface area contributed by atoms with E-state index < -0.39 is 0 Å². The lowest BCUT2D eigenvalue weighted by Crippen LogP contribution is -1.84. The monoisotopic (exact) mass is 276 g/mol. The Hall–Kier alpha value is 0.180. The lowest BCUT2D eigenvalue weighted by molar-refractivity contribution is 1.12. The number of aryl methyl sites for hydroxylation is 1. The van der Waals surface area contributed by atoms with E-state index in [4.69, 9.17) is 0 Å². The van der Waals surface area contributed by atoms with Crippen LogP contribution in [0.2, 0.25) is 0 Å². The number of hydrogen-bond acceptors (Lipinski definition) is 0. The van der Waals surface area contributed by atoms with E-state index in [1.807, 2.05) is 0 Å². The Labute approximate surface area is 84.3 Å². The summed E-state index contributed by atoms with van der Waals surface area (Å²) in [5, 5.41) is 0. The van der Waals surface area contributed by atoms with Gasteiger partial charge in [-0.25, -0.2) is 0 Å². The third kappa shape index (κ3) is 2.31. The zero-order valence-corrected chi connectivity index (χ0v) is 9.74. The summed E-state index contributed by atoms with van der Waals surface area (Å²) in [7, 11) is 0. The van der Waals surface area contributed by atoms with Crippen molar-refractivity contribution in [3.63, 3.8) is 0 Å². The van der Waals surface area contributed by atoms with Gasteiger partial charge in [-0.1, -0.05) is 44.0 Å². The Morgan fingerprint density at radius 3 is 2.45 bits per heavy atom. The molecule has 0 aliphatic heterocycles. The van der Waals surface area contributed by atoms with Gasteiger partial charge in [0.15, 0.2) is 0 Å². The van der Waals surface area contributed by atoms with E-state index in [0.717, 1.165) is 0 Å². The molecule has 0 bridgehead atoms. The first-order valence-corrected chi connectivity index (χ1v) is 5.22. The Morgan fingerprint density at radius 2 is 2.00 bits per heavy atom. The van der Waals surface area contributed by atoms with E-state index in [1.54, 1.807) is 0 Å². The van der Waals surface area contributed by atoms with Crippen LogP contribution in [0.3, 0.4) is 0 Å². The highest BCUT2D eigenvalue weighted by molar-refractivity contribution is 9.10. The normalized spacial score (nSPS) is 13.1. The molecule has 0 nitrogen and oxygen atoms in total. The molecular weight excluding hydrogens is 268 g/mol. The standard InChI is InChI=1S/C9H10Br2/c1-6-3-4-8(7(2)10)5-9(6)11/h3-5,7H,1-2H3. The molecule has 11 heavy (non-hydrogen) atoms. The van der Waals surface area contributed by atoms with E-state index in [-0.39, 0.29) is 0 Å². The molecule has 0 aliphatic rings. The van der Waals surface area contributed by atoms with Crippen LogP contribution in [0, 0.1) is 6.92 Å². The number of alkyl halides is 1. The summed E-state index contributed by atoms with van der Waals surface area (Å²) in [5.74, 6) is 0. The van der Waals surface area contributed by atoms with Crippen molar-refractivity contribution in [1.82, 2.24) is 0 Å². The van der Waals surface area contributed by atoms with E-state index >= 15 is 0 Å². The number of rotatable bonds is 1. The van der Waals surface area contributed by atoms with Crippen LogP contribution >= 0.6 is 31.9 Å². The zero-order valence-electron chi connectivity index (χ0n) is 6.57. The highest BCUT2D eigenvalue weighted by Crippen LogP contribution is 2.26. The van der Waals surface area contributed by atoms with Crippen molar-refractivity contribution in [1.29, 1.82) is 0 Å². The van der Waals surface area contributed by atoms with E-state index in [2.05, 4.69) is 63.9 Å². The van der Waals surface area contributed by atoms with Gasteiger partial charge in [0, 0.05) is 9.30 Å². The highest BCUT2D eigenvalue weighted by Gasteiger charge is 2.01. The first kappa shape index (κ1) is 9.27. The molecule has 0 saturated heterocycles. The molecule has 0 fully saturated rings. The van der Waals surface area contributed by atoms with Crippen LogP contribution in [-0.2, 0) is 0 Å². The van der Waals surface area contributed by atoms with Crippen LogP contribution < -0.4 is 0 Å². The van der Waals surface area contributed by atoms with Gasteiger partial charge in [0.05, 0.1) is 0 Å². The quantitative estimate of drug-likeness (QED) is 0.675. The first-order chi connectivity index (χ1) is 5.11. The Morgan fingerprint density at radius 1 is 1.36 bits per heavy atom. The molecule has 1 unspecified atom stereocenters. The summed E-state index contributed by atoms with van der Waals surface area (Å²) in [6.07, 6.45) is 0. The average Bonchev–Trinajstić information content (AvgIpc) is 1.94. The third-order valence-electron chi connectivity index (χ3n) is 1.66. The van der Waals surface area contributed by atoms with Crippen molar-refractivity contribution in [2.45, 2.75) is 18.7 Å². The average molecular weight is 278 g/mol. The smallest absolute Gasteiger partial charge is 0.0367 e. The fourth-order valence-electron chi connectivity index (χ4n) is 0.857. The second-order valence-corrected chi connectivity index (χ2v) is 4.85. The van der Waals surface area contributed by atoms with Crippen molar-refractivity contribution < 1.29 is 0 Å². The Kier molecular flexibility index (Phi) is 3.14. The van der Waals surface area contributed by atoms with Crippen LogP contribution in [0.15, 0.2) is 22.7 Å². The first-order valence-electron chi connectivity index (χ1n) is 3.51. The van der Waals surface area contributed by atoms with Gasteiger partial charge in [0.25, 0.3) is 0 Å². The summed E-state index contributed by atoms with van der Waals surface area (Å²) >= 11 is 7.01. The molecule has 0 aromatic heterocycles. The fraction of sp³-hybridized carbons (Fsp3) is 0.333. The fourth-order valence-corrected chi connectivity index (χ4v) is 1.54. The predicted octanol–water partition coefficient (Wildman–Crippen LogP) is 4.21. The van der Waals surface area contributed by atoms with Gasteiger partial charge < -0.3 is 0 Å². The second kappa shape index (κ2) is 3.72. The molecule has 0 heterocycles. The lowest BCUT2D eigenvalue weighted by atomic mass is 10.1. The summed E-state index contributed by atoms with van der Waals surface area (Å²) in [5.41, 5.74) is 2.59. The van der Waals surface area contributed by atoms with Gasteiger partial charge in [-0.05, 0) is 31.0 Å². The van der Waals surface area contributed by atoms with Gasteiger partial charge in [-0.2, -0.15) is 0 Å². The maximum absolute atomic E-state index is 3.52. The van der Waals surface area contributed by atoms with Crippen LogP contribution in [0.4, 0.5) is 0 Å². The van der Waals surface area contributed by atoms with Gasteiger partial charge >= 0.3 is 0 Å². The summed E-state index contributed by atoms with van der Waals surface area (Å²) < 4.78 is 1.18. The topological polar surface area (TPSA) is 0 Å². The van der Waals surface area contributed by atoms with Crippen LogP contribution in [0.25, 0.3) is 0 Å². The molecule has 1 atom stereocenters. The molecule has 0 amide bonds. The van der Waals surface area contributed by atoms with E-state index in [0.29, 0.717) is 4.83 Å². The lowest BCUT2D eigenvalue weighted by Gasteiger charge is -2.05. The largest absolute Gasteiger partial charge is 0.0842 e. The van der Waals surface area contributed by atoms with Crippen molar-refractivity contribution in [2.75, 3.05) is 0 Å². The van der Waals surface area contributed by atoms with Gasteiger partial charge in [0.2, 0.25) is 0 Å². The molecule has 0 saturated carbocycles. The minimum atomic E-state index is 0.430. The SMILES string of the molecule is Cc1ccc(C(C)Br)cc1Br. The Bertz CT molecular complexity index is 254. The molecule has 2 heteroatoms. The van der Waals surface area contributed by atoms with Gasteiger partial charge in [0.1, 0.15) is 0 Å². The number of benzene rings is 1. The minimum absolute atomic E-state index is 0.430. The second-order valence-electron chi connectivity index (χ2n) is 2.62. The summed E-state index contributed by atoms with van der Waals surface area (Å²) in [4.78, 5) is 0.430.